The van der Waals surface area contributed by atoms with Gasteiger partial charge in [0, 0.05) is 16.7 Å². The SMILES string of the molecule is COc1ccc(/C(C)=N/Nc2ccc(Cl)cc2)c(O)c1.Cl. The van der Waals surface area contributed by atoms with E-state index in [2.05, 4.69) is 10.5 Å². The highest BCUT2D eigenvalue weighted by Crippen LogP contribution is 2.24. The van der Waals surface area contributed by atoms with Crippen LogP contribution in [0.4, 0.5) is 5.69 Å². The molecule has 6 heteroatoms. The fourth-order valence-corrected chi connectivity index (χ4v) is 1.80. The molecule has 0 spiro atoms. The Morgan fingerprint density at radius 2 is 1.86 bits per heavy atom. The summed E-state index contributed by atoms with van der Waals surface area (Å²) in [6, 6.07) is 12.3. The van der Waals surface area contributed by atoms with Crippen LogP contribution in [0.3, 0.4) is 0 Å². The summed E-state index contributed by atoms with van der Waals surface area (Å²) in [5.74, 6) is 0.730. The molecule has 2 N–H and O–H groups in total. The van der Waals surface area contributed by atoms with Gasteiger partial charge in [0.2, 0.25) is 0 Å². The maximum Gasteiger partial charge on any atom is 0.128 e. The minimum atomic E-state index is 0. The third kappa shape index (κ3) is 4.55. The zero-order valence-electron chi connectivity index (χ0n) is 11.6. The van der Waals surface area contributed by atoms with Crippen molar-refractivity contribution in [3.05, 3.63) is 53.1 Å². The number of hydrogen-bond donors (Lipinski definition) is 2. The number of halogens is 2. The van der Waals surface area contributed by atoms with Crippen molar-refractivity contribution in [2.45, 2.75) is 6.92 Å². The number of rotatable bonds is 4. The summed E-state index contributed by atoms with van der Waals surface area (Å²) < 4.78 is 5.04. The van der Waals surface area contributed by atoms with E-state index in [1.807, 2.05) is 19.1 Å². The van der Waals surface area contributed by atoms with Gasteiger partial charge in [-0.15, -0.1) is 12.4 Å². The predicted octanol–water partition coefficient (Wildman–Crippen LogP) is 4.31. The van der Waals surface area contributed by atoms with Crippen LogP contribution in [0.25, 0.3) is 0 Å². The summed E-state index contributed by atoms with van der Waals surface area (Å²) >= 11 is 5.81. The third-order valence-corrected chi connectivity index (χ3v) is 3.04. The molecule has 0 unspecified atom stereocenters. The van der Waals surface area contributed by atoms with Gasteiger partial charge in [0.15, 0.2) is 0 Å². The molecule has 0 aliphatic carbocycles. The molecule has 0 saturated carbocycles. The first kappa shape index (κ1) is 17.1. The summed E-state index contributed by atoms with van der Waals surface area (Å²) in [5.41, 5.74) is 5.05. The maximum absolute atomic E-state index is 9.92. The number of hydrazone groups is 1. The number of phenols is 1. The number of anilines is 1. The van der Waals surface area contributed by atoms with E-state index in [-0.39, 0.29) is 18.2 Å². The lowest BCUT2D eigenvalue weighted by molar-refractivity contribution is 0.407. The van der Waals surface area contributed by atoms with Gasteiger partial charge in [-0.25, -0.2) is 0 Å². The molecule has 0 heterocycles. The molecule has 0 aliphatic rings. The van der Waals surface area contributed by atoms with Crippen molar-refractivity contribution < 1.29 is 9.84 Å². The Balaban J connectivity index is 0.00000220. The number of methoxy groups -OCH3 is 1. The van der Waals surface area contributed by atoms with Crippen LogP contribution in [-0.4, -0.2) is 17.9 Å². The van der Waals surface area contributed by atoms with E-state index in [0.717, 1.165) is 5.69 Å². The van der Waals surface area contributed by atoms with Crippen LogP contribution in [0.1, 0.15) is 12.5 Å². The van der Waals surface area contributed by atoms with E-state index in [9.17, 15) is 5.11 Å². The molecule has 21 heavy (non-hydrogen) atoms. The van der Waals surface area contributed by atoms with E-state index in [1.165, 1.54) is 0 Å². The standard InChI is InChI=1S/C15H15ClN2O2.ClH/c1-10(14-8-7-13(20-2)9-15(14)19)17-18-12-5-3-11(16)4-6-12;/h3-9,18-19H,1-2H3;1H/b17-10+;. The van der Waals surface area contributed by atoms with Crippen molar-refractivity contribution in [2.24, 2.45) is 5.10 Å². The second-order valence-corrected chi connectivity index (χ2v) is 4.64. The van der Waals surface area contributed by atoms with Crippen molar-refractivity contribution in [1.82, 2.24) is 0 Å². The van der Waals surface area contributed by atoms with Gasteiger partial charge in [-0.1, -0.05) is 11.6 Å². The lowest BCUT2D eigenvalue weighted by Gasteiger charge is -2.07. The first-order valence-electron chi connectivity index (χ1n) is 6.03. The highest BCUT2D eigenvalue weighted by atomic mass is 35.5. The fraction of sp³-hybridized carbons (Fsp3) is 0.133. The van der Waals surface area contributed by atoms with Crippen LogP contribution in [-0.2, 0) is 0 Å². The molecule has 4 nitrogen and oxygen atoms in total. The molecule has 2 aromatic rings. The van der Waals surface area contributed by atoms with E-state index in [1.54, 1.807) is 37.4 Å². The Morgan fingerprint density at radius 3 is 2.43 bits per heavy atom. The zero-order chi connectivity index (χ0) is 14.5. The van der Waals surface area contributed by atoms with Gasteiger partial charge >= 0.3 is 0 Å². The number of nitrogens with zero attached hydrogens (tertiary/aromatic N) is 1. The first-order chi connectivity index (χ1) is 9.60. The Kier molecular flexibility index (Phi) is 6.34. The summed E-state index contributed by atoms with van der Waals surface area (Å²) in [4.78, 5) is 0. The molecule has 2 rings (SSSR count). The number of ether oxygens (including phenoxy) is 1. The van der Waals surface area contributed by atoms with Crippen LogP contribution in [0.15, 0.2) is 47.6 Å². The monoisotopic (exact) mass is 326 g/mol. The second kappa shape index (κ2) is 7.76. The maximum atomic E-state index is 9.92. The molecule has 0 saturated heterocycles. The average molecular weight is 327 g/mol. The molecule has 2 aromatic carbocycles. The molecule has 0 aromatic heterocycles. The van der Waals surface area contributed by atoms with Crippen molar-refractivity contribution in [1.29, 1.82) is 0 Å². The number of benzene rings is 2. The lowest BCUT2D eigenvalue weighted by Crippen LogP contribution is -2.00. The van der Waals surface area contributed by atoms with E-state index >= 15 is 0 Å². The van der Waals surface area contributed by atoms with Gasteiger partial charge in [0.25, 0.3) is 0 Å². The van der Waals surface area contributed by atoms with Crippen molar-refractivity contribution in [2.75, 3.05) is 12.5 Å². The number of phenolic OH excluding ortho intramolecular Hbond substituents is 1. The second-order valence-electron chi connectivity index (χ2n) is 4.20. The summed E-state index contributed by atoms with van der Waals surface area (Å²) in [6.45, 7) is 1.81. The molecule has 0 aliphatic heterocycles. The number of aromatic hydroxyl groups is 1. The first-order valence-corrected chi connectivity index (χ1v) is 6.41. The molecule has 0 radical (unpaired) electrons. The highest BCUT2D eigenvalue weighted by molar-refractivity contribution is 6.30. The molecular formula is C15H16Cl2N2O2. The minimum absolute atomic E-state index is 0. The molecule has 0 amide bonds. The summed E-state index contributed by atoms with van der Waals surface area (Å²) in [5, 5.41) is 14.8. The quantitative estimate of drug-likeness (QED) is 0.650. The Morgan fingerprint density at radius 1 is 1.19 bits per heavy atom. The van der Waals surface area contributed by atoms with Crippen molar-refractivity contribution in [3.63, 3.8) is 0 Å². The van der Waals surface area contributed by atoms with Crippen LogP contribution in [0, 0.1) is 0 Å². The van der Waals surface area contributed by atoms with Gasteiger partial charge in [-0.3, -0.25) is 5.43 Å². The Hall–Kier alpha value is -1.91. The van der Waals surface area contributed by atoms with Gasteiger partial charge in [-0.05, 0) is 43.3 Å². The van der Waals surface area contributed by atoms with Crippen LogP contribution in [0.2, 0.25) is 5.02 Å². The Labute approximate surface area is 134 Å². The van der Waals surface area contributed by atoms with Crippen molar-refractivity contribution >= 4 is 35.4 Å². The predicted molar refractivity (Wildman–Crippen MR) is 89.2 cm³/mol. The fourth-order valence-electron chi connectivity index (χ4n) is 1.68. The van der Waals surface area contributed by atoms with Gasteiger partial charge < -0.3 is 9.84 Å². The summed E-state index contributed by atoms with van der Waals surface area (Å²) in [6.07, 6.45) is 0. The zero-order valence-corrected chi connectivity index (χ0v) is 13.2. The number of nitrogens with one attached hydrogen (secondary N) is 1. The van der Waals surface area contributed by atoms with E-state index < -0.39 is 0 Å². The molecule has 0 fully saturated rings. The summed E-state index contributed by atoms with van der Waals surface area (Å²) in [7, 11) is 1.55. The van der Waals surface area contributed by atoms with E-state index in [0.29, 0.717) is 22.0 Å². The van der Waals surface area contributed by atoms with Crippen LogP contribution < -0.4 is 10.2 Å². The largest absolute Gasteiger partial charge is 0.507 e. The van der Waals surface area contributed by atoms with Gasteiger partial charge in [-0.2, -0.15) is 5.10 Å². The van der Waals surface area contributed by atoms with Crippen LogP contribution >= 0.6 is 24.0 Å². The molecular weight excluding hydrogens is 311 g/mol. The molecule has 112 valence electrons. The average Bonchev–Trinajstić information content (AvgIpc) is 2.46. The smallest absolute Gasteiger partial charge is 0.128 e. The minimum Gasteiger partial charge on any atom is -0.507 e. The number of hydrogen-bond acceptors (Lipinski definition) is 4. The Bertz CT molecular complexity index is 628. The molecule has 0 atom stereocenters. The lowest BCUT2D eigenvalue weighted by atomic mass is 10.1. The van der Waals surface area contributed by atoms with E-state index in [4.69, 9.17) is 16.3 Å². The highest BCUT2D eigenvalue weighted by Gasteiger charge is 2.06. The molecule has 0 bridgehead atoms. The topological polar surface area (TPSA) is 53.8 Å². The van der Waals surface area contributed by atoms with Crippen molar-refractivity contribution in [3.8, 4) is 11.5 Å². The van der Waals surface area contributed by atoms with Gasteiger partial charge in [0.1, 0.15) is 11.5 Å². The normalized spacial score (nSPS) is 10.7. The van der Waals surface area contributed by atoms with Gasteiger partial charge in [0.05, 0.1) is 18.5 Å². The van der Waals surface area contributed by atoms with Crippen LogP contribution in [0.5, 0.6) is 11.5 Å². The third-order valence-electron chi connectivity index (χ3n) is 2.79.